The molecule has 2 unspecified atom stereocenters. The van der Waals surface area contributed by atoms with E-state index in [2.05, 4.69) is 53.8 Å². The third kappa shape index (κ3) is 3.10. The fraction of sp³-hybridized carbons (Fsp3) is 0.538. The van der Waals surface area contributed by atoms with Gasteiger partial charge in [-0.15, -0.1) is 11.6 Å². The predicted molar refractivity (Wildman–Crippen MR) is 74.5 cm³/mol. The summed E-state index contributed by atoms with van der Waals surface area (Å²) in [6.07, 6.45) is 4.79. The van der Waals surface area contributed by atoms with Gasteiger partial charge in [0.05, 0.1) is 0 Å². The number of benzene rings is 1. The molecule has 1 fully saturated rings. The Bertz CT molecular complexity index is 333. The molecule has 0 heterocycles. The fourth-order valence-corrected chi connectivity index (χ4v) is 3.34. The Kier molecular flexibility index (Phi) is 3.61. The summed E-state index contributed by atoms with van der Waals surface area (Å²) in [5.41, 5.74) is 1.88. The van der Waals surface area contributed by atoms with Crippen LogP contribution in [0.5, 0.6) is 0 Å². The number of alkyl halides is 1. The summed E-state index contributed by atoms with van der Waals surface area (Å²) in [5.74, 6) is 0. The topological polar surface area (TPSA) is 0 Å². The molecule has 0 N–H and O–H groups in total. The summed E-state index contributed by atoms with van der Waals surface area (Å²) in [4.78, 5) is 0. The summed E-state index contributed by atoms with van der Waals surface area (Å²) < 4.78 is 1.31. The Morgan fingerprint density at radius 1 is 1.40 bits per heavy atom. The first kappa shape index (κ1) is 11.7. The van der Waals surface area contributed by atoms with Gasteiger partial charge in [-0.25, -0.2) is 0 Å². The van der Waals surface area contributed by atoms with Gasteiger partial charge in [0, 0.05) is 8.95 Å². The van der Waals surface area contributed by atoms with E-state index in [0.29, 0.717) is 10.8 Å². The molecule has 1 aromatic carbocycles. The van der Waals surface area contributed by atoms with Gasteiger partial charge in [-0.3, -0.25) is 0 Å². The second-order valence-electron chi connectivity index (χ2n) is 4.95. The molecule has 1 aliphatic carbocycles. The highest BCUT2D eigenvalue weighted by Gasteiger charge is 2.33. The molecule has 1 saturated carbocycles. The van der Waals surface area contributed by atoms with Crippen molar-refractivity contribution in [1.29, 1.82) is 0 Å². The fourth-order valence-electron chi connectivity index (χ4n) is 2.50. The average molecular weight is 335 g/mol. The lowest BCUT2D eigenvalue weighted by Crippen LogP contribution is -2.15. The van der Waals surface area contributed by atoms with Crippen molar-refractivity contribution >= 4 is 34.2 Å². The van der Waals surface area contributed by atoms with Crippen molar-refractivity contribution in [2.24, 2.45) is 5.41 Å². The summed E-state index contributed by atoms with van der Waals surface area (Å²) in [7, 11) is 0. The van der Waals surface area contributed by atoms with E-state index in [1.165, 1.54) is 34.8 Å². The largest absolute Gasteiger partial charge is 0.123 e. The van der Waals surface area contributed by atoms with Gasteiger partial charge in [0.2, 0.25) is 0 Å². The molecule has 82 valence electrons. The molecule has 2 rings (SSSR count). The monoisotopic (exact) mass is 334 g/mol. The van der Waals surface area contributed by atoms with Crippen LogP contribution in [0.4, 0.5) is 0 Å². The molecule has 1 aliphatic rings. The van der Waals surface area contributed by atoms with Crippen LogP contribution in [0.25, 0.3) is 0 Å². The molecule has 0 aromatic heterocycles. The Balaban J connectivity index is 2.05. The molecule has 0 amide bonds. The van der Waals surface area contributed by atoms with Crippen molar-refractivity contribution < 1.29 is 0 Å². The molecule has 0 radical (unpaired) electrons. The zero-order valence-electron chi connectivity index (χ0n) is 8.97. The van der Waals surface area contributed by atoms with Crippen molar-refractivity contribution in [3.63, 3.8) is 0 Å². The Morgan fingerprint density at radius 3 is 2.60 bits per heavy atom. The normalized spacial score (nSPS) is 30.7. The van der Waals surface area contributed by atoms with Crippen LogP contribution in [0.1, 0.15) is 31.7 Å². The van der Waals surface area contributed by atoms with Crippen molar-refractivity contribution in [3.8, 4) is 0 Å². The van der Waals surface area contributed by atoms with E-state index in [1.807, 2.05) is 0 Å². The first-order valence-electron chi connectivity index (χ1n) is 5.46. The zero-order chi connectivity index (χ0) is 10.9. The van der Waals surface area contributed by atoms with Crippen LogP contribution in [-0.2, 0) is 6.42 Å². The SMILES string of the molecule is CC1(Cc2ccc(I)cc2)CCC(Cl)C1. The number of hydrogen-bond acceptors (Lipinski definition) is 0. The van der Waals surface area contributed by atoms with Crippen LogP contribution in [0.15, 0.2) is 24.3 Å². The maximum absolute atomic E-state index is 6.19. The molecule has 0 aliphatic heterocycles. The maximum atomic E-state index is 6.19. The zero-order valence-corrected chi connectivity index (χ0v) is 11.9. The lowest BCUT2D eigenvalue weighted by Gasteiger charge is -2.23. The van der Waals surface area contributed by atoms with E-state index in [4.69, 9.17) is 11.6 Å². The molecular weight excluding hydrogens is 319 g/mol. The first-order valence-corrected chi connectivity index (χ1v) is 6.97. The molecule has 0 nitrogen and oxygen atoms in total. The van der Waals surface area contributed by atoms with Crippen molar-refractivity contribution in [2.45, 2.75) is 38.0 Å². The molecule has 0 spiro atoms. The second kappa shape index (κ2) is 4.62. The van der Waals surface area contributed by atoms with Crippen molar-refractivity contribution in [3.05, 3.63) is 33.4 Å². The van der Waals surface area contributed by atoms with Crippen LogP contribution in [-0.4, -0.2) is 5.38 Å². The molecule has 2 atom stereocenters. The van der Waals surface area contributed by atoms with Crippen LogP contribution >= 0.6 is 34.2 Å². The highest BCUT2D eigenvalue weighted by Crippen LogP contribution is 2.42. The molecule has 15 heavy (non-hydrogen) atoms. The van der Waals surface area contributed by atoms with Crippen LogP contribution < -0.4 is 0 Å². The molecule has 2 heteroatoms. The van der Waals surface area contributed by atoms with Gasteiger partial charge in [-0.05, 0) is 71.4 Å². The van der Waals surface area contributed by atoms with E-state index < -0.39 is 0 Å². The van der Waals surface area contributed by atoms with Gasteiger partial charge in [0.25, 0.3) is 0 Å². The predicted octanol–water partition coefficient (Wildman–Crippen LogP) is 4.63. The Hall–Kier alpha value is 0.240. The summed E-state index contributed by atoms with van der Waals surface area (Å²) >= 11 is 8.53. The smallest absolute Gasteiger partial charge is 0.0341 e. The minimum absolute atomic E-state index is 0.402. The average Bonchev–Trinajstić information content (AvgIpc) is 2.50. The lowest BCUT2D eigenvalue weighted by atomic mass is 9.82. The minimum Gasteiger partial charge on any atom is -0.123 e. The summed E-state index contributed by atoms with van der Waals surface area (Å²) in [5, 5.41) is 0.402. The van der Waals surface area contributed by atoms with Crippen molar-refractivity contribution in [1.82, 2.24) is 0 Å². The second-order valence-corrected chi connectivity index (χ2v) is 6.82. The minimum atomic E-state index is 0.402. The van der Waals surface area contributed by atoms with Crippen LogP contribution in [0, 0.1) is 8.99 Å². The summed E-state index contributed by atoms with van der Waals surface area (Å²) in [6.45, 7) is 2.37. The third-order valence-corrected chi connectivity index (χ3v) is 4.41. The van der Waals surface area contributed by atoms with E-state index in [9.17, 15) is 0 Å². The van der Waals surface area contributed by atoms with Crippen molar-refractivity contribution in [2.75, 3.05) is 0 Å². The van der Waals surface area contributed by atoms with Gasteiger partial charge in [-0.1, -0.05) is 19.1 Å². The van der Waals surface area contributed by atoms with E-state index >= 15 is 0 Å². The number of rotatable bonds is 2. The molecule has 1 aromatic rings. The highest BCUT2D eigenvalue weighted by molar-refractivity contribution is 14.1. The van der Waals surface area contributed by atoms with E-state index in [0.717, 1.165) is 0 Å². The highest BCUT2D eigenvalue weighted by atomic mass is 127. The van der Waals surface area contributed by atoms with E-state index in [-0.39, 0.29) is 0 Å². The first-order chi connectivity index (χ1) is 7.07. The van der Waals surface area contributed by atoms with Gasteiger partial charge in [-0.2, -0.15) is 0 Å². The number of halogens is 2. The lowest BCUT2D eigenvalue weighted by molar-refractivity contribution is 0.335. The summed E-state index contributed by atoms with van der Waals surface area (Å²) in [6, 6.07) is 8.86. The molecular formula is C13H16ClI. The van der Waals surface area contributed by atoms with Crippen LogP contribution in [0.3, 0.4) is 0 Å². The Morgan fingerprint density at radius 2 is 2.07 bits per heavy atom. The van der Waals surface area contributed by atoms with E-state index in [1.54, 1.807) is 0 Å². The quantitative estimate of drug-likeness (QED) is 0.546. The number of hydrogen-bond donors (Lipinski definition) is 0. The van der Waals surface area contributed by atoms with Crippen LogP contribution in [0.2, 0.25) is 0 Å². The van der Waals surface area contributed by atoms with Gasteiger partial charge < -0.3 is 0 Å². The van der Waals surface area contributed by atoms with Gasteiger partial charge in [0.15, 0.2) is 0 Å². The maximum Gasteiger partial charge on any atom is 0.0341 e. The third-order valence-electron chi connectivity index (χ3n) is 3.32. The van der Waals surface area contributed by atoms with Gasteiger partial charge >= 0.3 is 0 Å². The molecule has 0 bridgehead atoms. The van der Waals surface area contributed by atoms with Gasteiger partial charge in [0.1, 0.15) is 0 Å². The molecule has 0 saturated heterocycles. The standard InChI is InChI=1S/C13H16ClI/c1-13(7-6-11(14)9-13)8-10-2-4-12(15)5-3-10/h2-5,11H,6-9H2,1H3. The Labute approximate surface area is 111 Å².